The summed E-state index contributed by atoms with van der Waals surface area (Å²) in [7, 11) is 0. The Kier molecular flexibility index (Phi) is 32.2. The molecular weight excluding hydrogens is 2560 g/mol. The topological polar surface area (TPSA) is 160 Å². The van der Waals surface area contributed by atoms with Crippen LogP contribution in [0.25, 0.3) is 101 Å². The van der Waals surface area contributed by atoms with Gasteiger partial charge in [0.05, 0.1) is 45.9 Å². The van der Waals surface area contributed by atoms with E-state index in [0.717, 1.165) is 56.3 Å². The van der Waals surface area contributed by atoms with E-state index in [9.17, 15) is 44.7 Å². The SMILES string of the molecule is CC(C)(C)c1c(F)c2[c-]c(c1F)-c1cccc(n1)C(C)(C)c1[c-]c(ccc1)C(C)(C)c1cccc-2n1.CC(C)(c1[c-]cccc1)c1ccn(-c2[c-]c(-n3cccn3)cc(-c3c(F)c(F)c(F)c(F)c3F)c2)n1.CC(C)(c1ccc(-c2ccccc2)cc1)c1cccc(-c2[c-]c(-c3ccccn3)cnc2)n1.O=C1c2[c-]c(ccc2)C(=O)c2cccc(n2)-c2[c-]c(c(F)c(C(F)(F)F)c2F)-c2cccc1n2.[Pt+2].[Pt+2].[Pt+2].[Pt]. The number of fused-ring (bicyclic) bond motifs is 20. The summed E-state index contributed by atoms with van der Waals surface area (Å²) in [6.07, 6.45) is 4.63. The van der Waals surface area contributed by atoms with Crippen LogP contribution in [0.2, 0.25) is 0 Å². The summed E-state index contributed by atoms with van der Waals surface area (Å²) >= 11 is 0. The van der Waals surface area contributed by atoms with E-state index in [2.05, 4.69) is 175 Å². The van der Waals surface area contributed by atoms with Crippen molar-refractivity contribution in [1.82, 2.24) is 54.4 Å². The number of halogens is 12. The van der Waals surface area contributed by atoms with Gasteiger partial charge in [-0.15, -0.1) is 66.2 Å². The Morgan fingerprint density at radius 3 is 1.31 bits per heavy atom. The Labute approximate surface area is 875 Å². The standard InChI is InChI=1S/C32H30F2N2.C30H24N3.C27H17F5N4.C25H9F5N2O2.4Pt/c1-30(2,3)27-28(33)21-18-22(29(27)34)24-14-10-16-26(36-24)32(6,7)20-12-8-11-19(17-20)31(4,5)25-15-9-13-23(21)35-25;1-30(2,26-16-14-23(15-17-26)22-9-4-3-5-10-22)29-13-8-12-28(33-29)25-19-24(20-31-21-25)27-11-6-7-18-32-27;1-27(2,17-7-4-3-5-8-17)20-9-12-36(34-20)19-14-16(13-18(15-19)35-11-6-10-33-35)21-22(28)24(30)26(32)25(31)23(21)29;26-21-14-11-15(22(27)20(21)25(28,29)30)17-7-3-9-19(32-17)24(34)13-5-1-4-12(10-13)23(33)18-8-2-6-16(14)31-18;;;;/h8-16H,1-7H3;3-18,20-21H,1-2H3;3-7,9-14H,1-2H3;1-9H;;;;/q-2;-1;2*-2;;3*+2. The van der Waals surface area contributed by atoms with Crippen molar-refractivity contribution in [2.75, 3.05) is 0 Å². The van der Waals surface area contributed by atoms with Crippen LogP contribution in [0.15, 0.2) is 286 Å². The second-order valence-corrected chi connectivity index (χ2v) is 36.1. The van der Waals surface area contributed by atoms with Gasteiger partial charge < -0.3 is 14.6 Å². The van der Waals surface area contributed by atoms with E-state index in [1.54, 1.807) is 61.3 Å². The van der Waals surface area contributed by atoms with Crippen molar-refractivity contribution in [2.45, 2.75) is 109 Å². The summed E-state index contributed by atoms with van der Waals surface area (Å²) < 4.78 is 177. The molecule has 0 atom stereocenters. The molecule has 9 aromatic heterocycles. The minimum absolute atomic E-state index is 0. The predicted molar refractivity (Wildman–Crippen MR) is 504 cm³/mol. The third kappa shape index (κ3) is 21.7. The Bertz CT molecular complexity index is 7550. The fraction of sp³-hybridized carbons (Fsp3) is 0.149. The number of pyridine rings is 7. The molecule has 13 nitrogen and oxygen atoms in total. The molecule has 0 fully saturated rings. The number of aromatic nitrogens is 11. The Morgan fingerprint density at radius 2 is 0.804 bits per heavy atom. The smallest absolute Gasteiger partial charge is 0.341 e. The number of carbonyl (C=O) groups is 2. The number of hydrogen-bond donors (Lipinski definition) is 0. The van der Waals surface area contributed by atoms with Crippen molar-refractivity contribution in [1.29, 1.82) is 0 Å². The van der Waals surface area contributed by atoms with Crippen LogP contribution in [0, 0.1) is 94.8 Å². The average molecular weight is 2640 g/mol. The van der Waals surface area contributed by atoms with Gasteiger partial charge >= 0.3 is 69.4 Å². The molecule has 0 unspecified atom stereocenters. The van der Waals surface area contributed by atoms with Crippen LogP contribution in [0.1, 0.15) is 164 Å². The maximum atomic E-state index is 16.0. The van der Waals surface area contributed by atoms with Crippen LogP contribution in [-0.4, -0.2) is 66.0 Å². The van der Waals surface area contributed by atoms with Crippen molar-refractivity contribution < 1.29 is 147 Å². The van der Waals surface area contributed by atoms with Gasteiger partial charge in [-0.2, -0.15) is 94.7 Å². The Hall–Kier alpha value is -13.3. The van der Waals surface area contributed by atoms with E-state index in [0.29, 0.717) is 17.1 Å². The monoisotopic (exact) mass is 2640 g/mol. The number of nitrogens with zero attached hydrogens (tertiary/aromatic N) is 11. The zero-order valence-electron chi connectivity index (χ0n) is 77.7. The van der Waals surface area contributed by atoms with Crippen molar-refractivity contribution in [3.8, 4) is 101 Å². The first kappa shape index (κ1) is 107. The molecule has 143 heavy (non-hydrogen) atoms. The molecule has 29 heteroatoms. The second kappa shape index (κ2) is 43.1. The molecule has 0 saturated heterocycles. The summed E-state index contributed by atoms with van der Waals surface area (Å²) in [4.78, 5) is 57.5. The minimum atomic E-state index is -5.40. The molecule has 0 saturated carbocycles. The van der Waals surface area contributed by atoms with Gasteiger partial charge in [0.15, 0.2) is 23.3 Å². The molecule has 16 bridgehead atoms. The number of alkyl halides is 3. The largest absolute Gasteiger partial charge is 2.00 e. The van der Waals surface area contributed by atoms with E-state index in [1.165, 1.54) is 99.0 Å². The molecule has 0 radical (unpaired) electrons. The summed E-state index contributed by atoms with van der Waals surface area (Å²) in [6.45, 7) is 22.1. The van der Waals surface area contributed by atoms with Crippen LogP contribution < -0.4 is 0 Å². The molecule has 0 N–H and O–H groups in total. The maximum Gasteiger partial charge on any atom is 2.00 e. The van der Waals surface area contributed by atoms with Gasteiger partial charge in [0, 0.05) is 124 Å². The Balaban J connectivity index is 0.000000159. The van der Waals surface area contributed by atoms with Gasteiger partial charge in [-0.05, 0) is 100.0 Å². The summed E-state index contributed by atoms with van der Waals surface area (Å²) in [5, 5.41) is 8.71. The van der Waals surface area contributed by atoms with E-state index in [1.807, 2.05) is 126 Å². The molecule has 2 aliphatic rings. The van der Waals surface area contributed by atoms with Crippen LogP contribution in [0.5, 0.6) is 0 Å². The van der Waals surface area contributed by atoms with Gasteiger partial charge in [0.2, 0.25) is 5.82 Å². The number of hydrogen-bond acceptors (Lipinski definition) is 11. The molecule has 0 aliphatic carbocycles. The van der Waals surface area contributed by atoms with Crippen molar-refractivity contribution >= 4 is 11.6 Å². The van der Waals surface area contributed by atoms with Crippen LogP contribution in [0.3, 0.4) is 0 Å². The van der Waals surface area contributed by atoms with E-state index in [-0.39, 0.29) is 157 Å². The maximum absolute atomic E-state index is 16.0. The molecule has 728 valence electrons. The Morgan fingerprint density at radius 1 is 0.350 bits per heavy atom. The molecule has 2 aliphatic heterocycles. The first-order chi connectivity index (χ1) is 66.2. The molecular formula is C114H80F12N11O2Pt4-. The molecule has 0 spiro atoms. The van der Waals surface area contributed by atoms with Crippen LogP contribution >= 0.6 is 0 Å². The summed E-state index contributed by atoms with van der Waals surface area (Å²) in [5.41, 5.74) is 5.77. The predicted octanol–water partition coefficient (Wildman–Crippen LogP) is 26.8. The summed E-state index contributed by atoms with van der Waals surface area (Å²) in [6, 6.07) is 94.8. The van der Waals surface area contributed by atoms with Gasteiger partial charge in [0.25, 0.3) is 0 Å². The second-order valence-electron chi connectivity index (χ2n) is 36.1. The zero-order valence-corrected chi connectivity index (χ0v) is 86.8. The minimum Gasteiger partial charge on any atom is -0.341 e. The number of rotatable bonds is 10. The third-order valence-corrected chi connectivity index (χ3v) is 24.4. The van der Waals surface area contributed by atoms with Crippen molar-refractivity contribution in [2.24, 2.45) is 0 Å². The zero-order chi connectivity index (χ0) is 98.5. The van der Waals surface area contributed by atoms with Gasteiger partial charge in [0.1, 0.15) is 11.6 Å². The molecule has 11 heterocycles. The van der Waals surface area contributed by atoms with Gasteiger partial charge in [-0.25, -0.2) is 22.0 Å². The number of carbonyl (C=O) groups excluding carboxylic acids is 2. The molecule has 20 rings (SSSR count). The molecule has 18 aromatic rings. The van der Waals surface area contributed by atoms with Crippen LogP contribution in [0.4, 0.5) is 52.7 Å². The number of benzene rings is 9. The summed E-state index contributed by atoms with van der Waals surface area (Å²) in [5.74, 6) is -16.7. The molecule has 0 amide bonds. The van der Waals surface area contributed by atoms with Crippen molar-refractivity contribution in [3.63, 3.8) is 0 Å². The van der Waals surface area contributed by atoms with Crippen LogP contribution in [-0.2, 0) is 118 Å². The quantitative estimate of drug-likeness (QED) is 0.0555. The van der Waals surface area contributed by atoms with E-state index < -0.39 is 114 Å². The first-order valence-corrected chi connectivity index (χ1v) is 43.8. The normalized spacial score (nSPS) is 12.6. The third-order valence-electron chi connectivity index (χ3n) is 24.4. The fourth-order valence-corrected chi connectivity index (χ4v) is 16.4. The average Bonchev–Trinajstić information content (AvgIpc) is 1.17. The first-order valence-electron chi connectivity index (χ1n) is 43.8. The fourth-order valence-electron chi connectivity index (χ4n) is 16.4. The van der Waals surface area contributed by atoms with Crippen molar-refractivity contribution in [3.05, 3.63) is 459 Å². The van der Waals surface area contributed by atoms with Gasteiger partial charge in [-0.3, -0.25) is 56.8 Å². The number of ketones is 2. The van der Waals surface area contributed by atoms with E-state index in [4.69, 9.17) is 15.0 Å². The van der Waals surface area contributed by atoms with Gasteiger partial charge in [-0.1, -0.05) is 248 Å². The molecule has 9 aromatic carbocycles. The van der Waals surface area contributed by atoms with E-state index >= 15 is 17.6 Å².